The van der Waals surface area contributed by atoms with Gasteiger partial charge in [0.15, 0.2) is 11.5 Å². The molecule has 0 aliphatic heterocycles. The molecule has 3 nitrogen and oxygen atoms in total. The highest BCUT2D eigenvalue weighted by molar-refractivity contribution is 6.33. The van der Waals surface area contributed by atoms with Gasteiger partial charge in [0.05, 0.1) is 10.7 Å². The topological polar surface area (TPSA) is 52.0 Å². The van der Waals surface area contributed by atoms with Gasteiger partial charge in [0.1, 0.15) is 5.52 Å². The molecule has 4 rings (SSSR count). The minimum Gasteiger partial charge on any atom is -0.440 e. The molecule has 0 atom stereocenters. The van der Waals surface area contributed by atoms with Crippen LogP contribution in [0.15, 0.2) is 40.8 Å². The van der Waals surface area contributed by atoms with Gasteiger partial charge < -0.3 is 10.2 Å². The van der Waals surface area contributed by atoms with Crippen molar-refractivity contribution in [1.82, 2.24) is 4.98 Å². The average molecular weight is 285 g/mol. The maximum absolute atomic E-state index is 6.02. The van der Waals surface area contributed by atoms with Crippen molar-refractivity contribution in [3.63, 3.8) is 0 Å². The van der Waals surface area contributed by atoms with Gasteiger partial charge in [-0.3, -0.25) is 0 Å². The number of halogens is 1. The third kappa shape index (κ3) is 1.78. The zero-order chi connectivity index (χ0) is 13.7. The number of hydrogen-bond acceptors (Lipinski definition) is 3. The summed E-state index contributed by atoms with van der Waals surface area (Å²) >= 11 is 6.02. The lowest BCUT2D eigenvalue weighted by atomic mass is 10.1. The van der Waals surface area contributed by atoms with Crippen molar-refractivity contribution in [3.05, 3.63) is 58.4 Å². The summed E-state index contributed by atoms with van der Waals surface area (Å²) < 4.78 is 5.87. The number of aromatic nitrogens is 1. The highest BCUT2D eigenvalue weighted by Gasteiger charge is 2.26. The molecular formula is C16H13ClN2O. The SMILES string of the molecule is Nc1cc2oc(C3Cc4ccccc4C3)nc2cc1Cl. The van der Waals surface area contributed by atoms with Gasteiger partial charge >= 0.3 is 0 Å². The van der Waals surface area contributed by atoms with Crippen LogP contribution in [0.5, 0.6) is 0 Å². The lowest BCUT2D eigenvalue weighted by Gasteiger charge is -2.01. The first kappa shape index (κ1) is 11.8. The molecule has 2 N–H and O–H groups in total. The summed E-state index contributed by atoms with van der Waals surface area (Å²) in [6, 6.07) is 12.0. The molecule has 1 aromatic heterocycles. The molecule has 1 heterocycles. The molecule has 0 amide bonds. The summed E-state index contributed by atoms with van der Waals surface area (Å²) in [4.78, 5) is 4.57. The van der Waals surface area contributed by atoms with Gasteiger partial charge in [-0.2, -0.15) is 0 Å². The number of nitrogens with zero attached hydrogens (tertiary/aromatic N) is 1. The number of nitrogen functional groups attached to an aromatic ring is 1. The van der Waals surface area contributed by atoms with E-state index in [-0.39, 0.29) is 0 Å². The number of anilines is 1. The molecule has 1 aliphatic rings. The van der Waals surface area contributed by atoms with Gasteiger partial charge in [0, 0.05) is 12.0 Å². The molecule has 0 bridgehead atoms. The zero-order valence-corrected chi connectivity index (χ0v) is 11.5. The standard InChI is InChI=1S/C16H13ClN2O/c17-12-7-14-15(8-13(12)18)20-16(19-14)11-5-9-3-1-2-4-10(9)6-11/h1-4,7-8,11H,5-6,18H2. The van der Waals surface area contributed by atoms with E-state index in [2.05, 4.69) is 29.2 Å². The van der Waals surface area contributed by atoms with Crippen molar-refractivity contribution in [2.45, 2.75) is 18.8 Å². The minimum absolute atomic E-state index is 0.305. The first-order valence-corrected chi connectivity index (χ1v) is 7.01. The summed E-state index contributed by atoms with van der Waals surface area (Å²) in [7, 11) is 0. The summed E-state index contributed by atoms with van der Waals surface area (Å²) in [6.45, 7) is 0. The number of benzene rings is 2. The van der Waals surface area contributed by atoms with Crippen LogP contribution in [0.2, 0.25) is 5.02 Å². The fraction of sp³-hybridized carbons (Fsp3) is 0.188. The second kappa shape index (κ2) is 4.25. The highest BCUT2D eigenvalue weighted by Crippen LogP contribution is 2.35. The van der Waals surface area contributed by atoms with Crippen molar-refractivity contribution >= 4 is 28.4 Å². The Morgan fingerprint density at radius 2 is 1.85 bits per heavy atom. The summed E-state index contributed by atoms with van der Waals surface area (Å²) in [5.74, 6) is 1.08. The van der Waals surface area contributed by atoms with Gasteiger partial charge in [0.25, 0.3) is 0 Å². The molecule has 20 heavy (non-hydrogen) atoms. The van der Waals surface area contributed by atoms with E-state index in [4.69, 9.17) is 21.8 Å². The van der Waals surface area contributed by atoms with E-state index in [0.717, 1.165) is 24.2 Å². The molecule has 4 heteroatoms. The van der Waals surface area contributed by atoms with Gasteiger partial charge in [-0.25, -0.2) is 4.98 Å². The fourth-order valence-corrected chi connectivity index (χ4v) is 3.05. The van der Waals surface area contributed by atoms with Crippen LogP contribution in [-0.2, 0) is 12.8 Å². The average Bonchev–Trinajstić information content (AvgIpc) is 3.02. The Morgan fingerprint density at radius 3 is 2.55 bits per heavy atom. The highest BCUT2D eigenvalue weighted by atomic mass is 35.5. The quantitative estimate of drug-likeness (QED) is 0.689. The predicted octanol–water partition coefficient (Wildman–Crippen LogP) is 3.95. The molecule has 0 fully saturated rings. The Hall–Kier alpha value is -2.00. The van der Waals surface area contributed by atoms with Crippen molar-refractivity contribution in [2.75, 3.05) is 5.73 Å². The second-order valence-electron chi connectivity index (χ2n) is 5.27. The van der Waals surface area contributed by atoms with Crippen LogP contribution in [0.25, 0.3) is 11.1 Å². The molecule has 0 unspecified atom stereocenters. The molecule has 0 saturated heterocycles. The third-order valence-corrected chi connectivity index (χ3v) is 4.25. The van der Waals surface area contributed by atoms with Gasteiger partial charge in [0.2, 0.25) is 0 Å². The predicted molar refractivity (Wildman–Crippen MR) is 80.0 cm³/mol. The maximum Gasteiger partial charge on any atom is 0.199 e. The van der Waals surface area contributed by atoms with Gasteiger partial charge in [-0.15, -0.1) is 0 Å². The van der Waals surface area contributed by atoms with E-state index in [9.17, 15) is 0 Å². The molecule has 0 radical (unpaired) electrons. The van der Waals surface area contributed by atoms with Gasteiger partial charge in [-0.05, 0) is 30.0 Å². The maximum atomic E-state index is 6.02. The summed E-state index contributed by atoms with van der Waals surface area (Å²) in [5, 5.41) is 0.520. The summed E-state index contributed by atoms with van der Waals surface area (Å²) in [6.07, 6.45) is 1.96. The molecule has 3 aromatic rings. The van der Waals surface area contributed by atoms with Crippen LogP contribution in [-0.4, -0.2) is 4.98 Å². The van der Waals surface area contributed by atoms with E-state index in [1.807, 2.05) is 0 Å². The monoisotopic (exact) mass is 284 g/mol. The van der Waals surface area contributed by atoms with Crippen LogP contribution >= 0.6 is 11.6 Å². The number of nitrogens with two attached hydrogens (primary N) is 1. The van der Waals surface area contributed by atoms with E-state index in [0.29, 0.717) is 22.2 Å². The Labute approximate surface area is 121 Å². The Morgan fingerprint density at radius 1 is 1.15 bits per heavy atom. The second-order valence-corrected chi connectivity index (χ2v) is 5.67. The minimum atomic E-state index is 0.305. The smallest absolute Gasteiger partial charge is 0.199 e. The Bertz CT molecular complexity index is 745. The number of oxazole rings is 1. The molecule has 0 spiro atoms. The van der Waals surface area contributed by atoms with E-state index in [1.54, 1.807) is 12.1 Å². The lowest BCUT2D eigenvalue weighted by molar-refractivity contribution is 0.478. The van der Waals surface area contributed by atoms with Crippen molar-refractivity contribution < 1.29 is 4.42 Å². The zero-order valence-electron chi connectivity index (χ0n) is 10.8. The molecule has 1 aliphatic carbocycles. The van der Waals surface area contributed by atoms with Crippen LogP contribution in [0.3, 0.4) is 0 Å². The van der Waals surface area contributed by atoms with Crippen LogP contribution in [0.4, 0.5) is 5.69 Å². The van der Waals surface area contributed by atoms with Crippen LogP contribution < -0.4 is 5.73 Å². The van der Waals surface area contributed by atoms with Crippen molar-refractivity contribution in [3.8, 4) is 0 Å². The van der Waals surface area contributed by atoms with Crippen molar-refractivity contribution in [2.24, 2.45) is 0 Å². The van der Waals surface area contributed by atoms with Crippen LogP contribution in [0, 0.1) is 0 Å². The molecule has 0 saturated carbocycles. The van der Waals surface area contributed by atoms with Gasteiger partial charge in [-0.1, -0.05) is 35.9 Å². The normalized spacial score (nSPS) is 14.8. The first-order valence-electron chi connectivity index (χ1n) is 6.63. The van der Waals surface area contributed by atoms with Crippen molar-refractivity contribution in [1.29, 1.82) is 0 Å². The van der Waals surface area contributed by atoms with E-state index in [1.165, 1.54) is 11.1 Å². The number of hydrogen-bond donors (Lipinski definition) is 1. The van der Waals surface area contributed by atoms with Crippen LogP contribution in [0.1, 0.15) is 22.9 Å². The molecular weight excluding hydrogens is 272 g/mol. The Balaban J connectivity index is 1.74. The number of rotatable bonds is 1. The third-order valence-electron chi connectivity index (χ3n) is 3.92. The van der Waals surface area contributed by atoms with E-state index >= 15 is 0 Å². The lowest BCUT2D eigenvalue weighted by Crippen LogP contribution is -1.97. The Kier molecular flexibility index (Phi) is 2.51. The fourth-order valence-electron chi connectivity index (χ4n) is 2.89. The number of fused-ring (bicyclic) bond motifs is 2. The molecule has 100 valence electrons. The first-order chi connectivity index (χ1) is 9.70. The van der Waals surface area contributed by atoms with E-state index < -0.39 is 0 Å². The largest absolute Gasteiger partial charge is 0.440 e. The summed E-state index contributed by atoms with van der Waals surface area (Å²) in [5.41, 5.74) is 10.6. The molecule has 2 aromatic carbocycles.